The topological polar surface area (TPSA) is 36.1 Å². The van der Waals surface area contributed by atoms with Crippen molar-refractivity contribution in [2.24, 2.45) is 5.92 Å². The highest BCUT2D eigenvalue weighted by Gasteiger charge is 2.25. The molecular weight excluding hydrogens is 248 g/mol. The Morgan fingerprint density at radius 1 is 1.25 bits per heavy atom. The third-order valence-corrected chi connectivity index (χ3v) is 4.51. The van der Waals surface area contributed by atoms with Crippen LogP contribution in [0.25, 0.3) is 10.9 Å². The molecule has 3 rings (SSSR count). The highest BCUT2D eigenvalue weighted by Crippen LogP contribution is 2.27. The molecular formula is C17H22N2O. The molecule has 1 fully saturated rings. The molecule has 0 unspecified atom stereocenters. The minimum absolute atomic E-state index is 0.186. The highest BCUT2D eigenvalue weighted by molar-refractivity contribution is 6.08. The number of rotatable bonds is 1. The van der Waals surface area contributed by atoms with E-state index in [4.69, 9.17) is 0 Å². The second kappa shape index (κ2) is 4.97. The monoisotopic (exact) mass is 270 g/mol. The number of aryl methyl sites for hydroxylation is 2. The molecule has 3 nitrogen and oxygen atoms in total. The molecule has 20 heavy (non-hydrogen) atoms. The number of hydrogen-bond acceptors (Lipinski definition) is 1. The molecule has 0 radical (unpaired) electrons. The molecule has 106 valence electrons. The molecule has 1 aromatic carbocycles. The third kappa shape index (κ3) is 2.11. The molecule has 3 heteroatoms. The van der Waals surface area contributed by atoms with Crippen molar-refractivity contribution in [2.45, 2.75) is 33.6 Å². The molecule has 0 saturated carbocycles. The van der Waals surface area contributed by atoms with Crippen LogP contribution in [0.4, 0.5) is 0 Å². The van der Waals surface area contributed by atoms with Gasteiger partial charge in [-0.3, -0.25) is 4.79 Å². The molecule has 2 aromatic rings. The lowest BCUT2D eigenvalue weighted by molar-refractivity contribution is 0.0698. The normalized spacial score (nSPS) is 16.9. The number of piperidine rings is 1. The molecule has 1 aromatic heterocycles. The molecule has 0 aliphatic carbocycles. The summed E-state index contributed by atoms with van der Waals surface area (Å²) in [4.78, 5) is 18.2. The predicted molar refractivity (Wildman–Crippen MR) is 82.1 cm³/mol. The number of aromatic nitrogens is 1. The van der Waals surface area contributed by atoms with Crippen LogP contribution in [0.2, 0.25) is 0 Å². The van der Waals surface area contributed by atoms with Crippen LogP contribution < -0.4 is 0 Å². The first-order valence-electron chi connectivity index (χ1n) is 7.45. The van der Waals surface area contributed by atoms with Crippen molar-refractivity contribution in [2.75, 3.05) is 13.1 Å². The van der Waals surface area contributed by atoms with Gasteiger partial charge in [-0.05, 0) is 38.2 Å². The lowest BCUT2D eigenvalue weighted by Gasteiger charge is -2.30. The quantitative estimate of drug-likeness (QED) is 0.843. The van der Waals surface area contributed by atoms with E-state index in [9.17, 15) is 4.79 Å². The fourth-order valence-corrected chi connectivity index (χ4v) is 3.14. The van der Waals surface area contributed by atoms with E-state index < -0.39 is 0 Å². The van der Waals surface area contributed by atoms with Crippen LogP contribution in [-0.4, -0.2) is 28.9 Å². The van der Waals surface area contributed by atoms with Gasteiger partial charge in [-0.2, -0.15) is 0 Å². The number of hydrogen-bond donors (Lipinski definition) is 1. The summed E-state index contributed by atoms with van der Waals surface area (Å²) >= 11 is 0. The minimum Gasteiger partial charge on any atom is -0.358 e. The summed E-state index contributed by atoms with van der Waals surface area (Å²) in [6, 6.07) is 6.15. The van der Waals surface area contributed by atoms with Crippen LogP contribution in [0.3, 0.4) is 0 Å². The minimum atomic E-state index is 0.186. The van der Waals surface area contributed by atoms with Gasteiger partial charge in [0.15, 0.2) is 0 Å². The number of aromatic amines is 1. The largest absolute Gasteiger partial charge is 0.358 e. The molecule has 1 aliphatic heterocycles. The van der Waals surface area contributed by atoms with Gasteiger partial charge in [0.1, 0.15) is 0 Å². The lowest BCUT2D eigenvalue weighted by Crippen LogP contribution is -2.38. The molecule has 0 bridgehead atoms. The molecule has 1 N–H and O–H groups in total. The maximum atomic E-state index is 12.8. The SMILES string of the molecule is Cc1[nH]c2c(C)cccc2c1C(=O)N1CCC(C)CC1. The van der Waals surface area contributed by atoms with Crippen LogP contribution in [0, 0.1) is 19.8 Å². The average molecular weight is 270 g/mol. The maximum absolute atomic E-state index is 12.8. The first kappa shape index (κ1) is 13.2. The average Bonchev–Trinajstić information content (AvgIpc) is 2.77. The van der Waals surface area contributed by atoms with Crippen molar-refractivity contribution in [1.82, 2.24) is 9.88 Å². The van der Waals surface area contributed by atoms with Crippen molar-refractivity contribution in [3.05, 3.63) is 35.0 Å². The summed E-state index contributed by atoms with van der Waals surface area (Å²) in [5, 5.41) is 1.06. The maximum Gasteiger partial charge on any atom is 0.256 e. The zero-order valence-corrected chi connectivity index (χ0v) is 12.5. The first-order valence-corrected chi connectivity index (χ1v) is 7.45. The summed E-state index contributed by atoms with van der Waals surface area (Å²) in [5.41, 5.74) is 4.13. The van der Waals surface area contributed by atoms with Crippen molar-refractivity contribution in [3.8, 4) is 0 Å². The van der Waals surface area contributed by atoms with E-state index in [1.165, 1.54) is 5.56 Å². The van der Waals surface area contributed by atoms with Gasteiger partial charge in [0.25, 0.3) is 5.91 Å². The van der Waals surface area contributed by atoms with Crippen molar-refractivity contribution >= 4 is 16.8 Å². The molecule has 1 aliphatic rings. The van der Waals surface area contributed by atoms with Crippen LogP contribution >= 0.6 is 0 Å². The third-order valence-electron chi connectivity index (χ3n) is 4.51. The number of carbonyl (C=O) groups is 1. The van der Waals surface area contributed by atoms with Gasteiger partial charge in [0, 0.05) is 29.7 Å². The van der Waals surface area contributed by atoms with Crippen LogP contribution in [-0.2, 0) is 0 Å². The number of para-hydroxylation sites is 1. The Morgan fingerprint density at radius 3 is 2.65 bits per heavy atom. The van der Waals surface area contributed by atoms with E-state index in [0.29, 0.717) is 0 Å². The number of H-pyrrole nitrogens is 1. The number of amides is 1. The van der Waals surface area contributed by atoms with E-state index in [2.05, 4.69) is 24.9 Å². The second-order valence-electron chi connectivity index (χ2n) is 6.10. The van der Waals surface area contributed by atoms with Gasteiger partial charge in [0.05, 0.1) is 5.56 Å². The summed E-state index contributed by atoms with van der Waals surface area (Å²) < 4.78 is 0. The number of nitrogens with zero attached hydrogens (tertiary/aromatic N) is 1. The smallest absolute Gasteiger partial charge is 0.256 e. The number of carbonyl (C=O) groups excluding carboxylic acids is 1. The molecule has 2 heterocycles. The standard InChI is InChI=1S/C17H22N2O/c1-11-7-9-19(10-8-11)17(20)15-13(3)18-16-12(2)5-4-6-14(15)16/h4-6,11,18H,7-10H2,1-3H3. The van der Waals surface area contributed by atoms with E-state index in [1.54, 1.807) is 0 Å². The van der Waals surface area contributed by atoms with Gasteiger partial charge in [-0.15, -0.1) is 0 Å². The van der Waals surface area contributed by atoms with Crippen molar-refractivity contribution in [1.29, 1.82) is 0 Å². The zero-order chi connectivity index (χ0) is 14.3. The fraction of sp³-hybridized carbons (Fsp3) is 0.471. The lowest BCUT2D eigenvalue weighted by atomic mass is 9.98. The van der Waals surface area contributed by atoms with Gasteiger partial charge >= 0.3 is 0 Å². The van der Waals surface area contributed by atoms with Crippen LogP contribution in [0.1, 0.15) is 41.4 Å². The second-order valence-corrected chi connectivity index (χ2v) is 6.10. The van der Waals surface area contributed by atoms with E-state index in [-0.39, 0.29) is 5.91 Å². The Labute approximate surface area is 120 Å². The molecule has 1 saturated heterocycles. The number of benzene rings is 1. The zero-order valence-electron chi connectivity index (χ0n) is 12.5. The summed E-state index contributed by atoms with van der Waals surface area (Å²) in [5.74, 6) is 0.927. The van der Waals surface area contributed by atoms with Gasteiger partial charge < -0.3 is 9.88 Å². The van der Waals surface area contributed by atoms with Gasteiger partial charge in [-0.25, -0.2) is 0 Å². The first-order chi connectivity index (χ1) is 9.58. The van der Waals surface area contributed by atoms with Crippen molar-refractivity contribution < 1.29 is 4.79 Å². The summed E-state index contributed by atoms with van der Waals surface area (Å²) in [6.45, 7) is 8.12. The van der Waals surface area contributed by atoms with Gasteiger partial charge in [0.2, 0.25) is 0 Å². The molecule has 0 spiro atoms. The van der Waals surface area contributed by atoms with Gasteiger partial charge in [-0.1, -0.05) is 25.1 Å². The van der Waals surface area contributed by atoms with Crippen molar-refractivity contribution in [3.63, 3.8) is 0 Å². The predicted octanol–water partition coefficient (Wildman–Crippen LogP) is 3.66. The number of likely N-dealkylation sites (tertiary alicyclic amines) is 1. The fourth-order valence-electron chi connectivity index (χ4n) is 3.14. The van der Waals surface area contributed by atoms with E-state index in [0.717, 1.165) is 54.0 Å². The van der Waals surface area contributed by atoms with E-state index in [1.807, 2.05) is 24.0 Å². The van der Waals surface area contributed by atoms with Crippen LogP contribution in [0.5, 0.6) is 0 Å². The Kier molecular flexibility index (Phi) is 3.28. The Morgan fingerprint density at radius 2 is 1.95 bits per heavy atom. The highest BCUT2D eigenvalue weighted by atomic mass is 16.2. The summed E-state index contributed by atoms with van der Waals surface area (Å²) in [7, 11) is 0. The number of nitrogens with one attached hydrogen (secondary N) is 1. The van der Waals surface area contributed by atoms with Crippen LogP contribution in [0.15, 0.2) is 18.2 Å². The summed E-state index contributed by atoms with van der Waals surface area (Å²) in [6.07, 6.45) is 2.23. The Balaban J connectivity index is 1.99. The van der Waals surface area contributed by atoms with E-state index >= 15 is 0 Å². The Bertz CT molecular complexity index is 648. The molecule has 0 atom stereocenters. The Hall–Kier alpha value is -1.77. The molecule has 1 amide bonds. The number of fused-ring (bicyclic) bond motifs is 1.